The van der Waals surface area contributed by atoms with E-state index in [0.29, 0.717) is 29.9 Å². The molecule has 3 aromatic rings. The summed E-state index contributed by atoms with van der Waals surface area (Å²) >= 11 is 0. The third kappa shape index (κ3) is 3.86. The highest BCUT2D eigenvalue weighted by Gasteiger charge is 2.27. The smallest absolute Gasteiger partial charge is 0.328 e. The molecule has 8 heteroatoms. The number of rotatable bonds is 6. The predicted octanol–water partition coefficient (Wildman–Crippen LogP) is 2.90. The van der Waals surface area contributed by atoms with Crippen molar-refractivity contribution in [2.75, 3.05) is 7.11 Å². The second-order valence-electron chi connectivity index (χ2n) is 8.04. The second kappa shape index (κ2) is 8.38. The van der Waals surface area contributed by atoms with Gasteiger partial charge in [0, 0.05) is 44.3 Å². The van der Waals surface area contributed by atoms with Gasteiger partial charge in [-0.1, -0.05) is 0 Å². The van der Waals surface area contributed by atoms with E-state index in [9.17, 15) is 14.0 Å². The van der Waals surface area contributed by atoms with E-state index in [1.807, 2.05) is 6.07 Å². The number of ketones is 1. The maximum atomic E-state index is 14.1. The van der Waals surface area contributed by atoms with Crippen molar-refractivity contribution in [3.63, 3.8) is 0 Å². The Balaban J connectivity index is 1.45. The van der Waals surface area contributed by atoms with Crippen LogP contribution in [0.25, 0.3) is 11.0 Å². The molecule has 2 aromatic heterocycles. The first-order valence-corrected chi connectivity index (χ1v) is 10.2. The van der Waals surface area contributed by atoms with Gasteiger partial charge in [0.25, 0.3) is 0 Å². The fourth-order valence-electron chi connectivity index (χ4n) is 4.43. The van der Waals surface area contributed by atoms with Gasteiger partial charge in [0.15, 0.2) is 11.6 Å². The van der Waals surface area contributed by atoms with Crippen LogP contribution in [-0.2, 0) is 24.8 Å². The number of imidazole rings is 1. The van der Waals surface area contributed by atoms with Crippen LogP contribution in [0.2, 0.25) is 0 Å². The molecule has 0 atom stereocenters. The van der Waals surface area contributed by atoms with Crippen LogP contribution in [0.15, 0.2) is 35.4 Å². The number of Topliss-reactive ketones (excluding diaryl/α,β-unsaturated/α-hetero) is 1. The average molecular weight is 412 g/mol. The molecule has 0 bridgehead atoms. The minimum absolute atomic E-state index is 0.0489. The topological polar surface area (TPSA) is 79.0 Å². The Morgan fingerprint density at radius 2 is 1.97 bits per heavy atom. The summed E-state index contributed by atoms with van der Waals surface area (Å²) in [5.74, 6) is 0.232. The summed E-state index contributed by atoms with van der Waals surface area (Å²) in [4.78, 5) is 25.4. The normalized spacial score (nSPS) is 19.2. The van der Waals surface area contributed by atoms with Crippen LogP contribution in [0.3, 0.4) is 0 Å². The van der Waals surface area contributed by atoms with Crippen molar-refractivity contribution >= 4 is 16.8 Å². The van der Waals surface area contributed by atoms with Crippen LogP contribution in [0.1, 0.15) is 31.2 Å². The van der Waals surface area contributed by atoms with Gasteiger partial charge >= 0.3 is 5.69 Å². The molecule has 158 valence electrons. The van der Waals surface area contributed by atoms with Crippen molar-refractivity contribution in [1.82, 2.24) is 19.3 Å². The summed E-state index contributed by atoms with van der Waals surface area (Å²) in [6.07, 6.45) is 7.02. The summed E-state index contributed by atoms with van der Waals surface area (Å²) < 4.78 is 22.3. The van der Waals surface area contributed by atoms with Crippen LogP contribution in [-0.4, -0.2) is 32.2 Å². The molecular weight excluding hydrogens is 387 g/mol. The molecule has 1 fully saturated rings. The highest BCUT2D eigenvalue weighted by Crippen LogP contribution is 2.32. The molecule has 1 saturated carbocycles. The quantitative estimate of drug-likeness (QED) is 0.622. The van der Waals surface area contributed by atoms with Crippen LogP contribution in [0.4, 0.5) is 4.39 Å². The molecule has 0 amide bonds. The summed E-state index contributed by atoms with van der Waals surface area (Å²) in [6.45, 7) is 0.556. The van der Waals surface area contributed by atoms with E-state index in [-0.39, 0.29) is 23.1 Å². The van der Waals surface area contributed by atoms with Gasteiger partial charge in [-0.25, -0.2) is 9.18 Å². The molecule has 30 heavy (non-hydrogen) atoms. The van der Waals surface area contributed by atoms with E-state index in [2.05, 4.69) is 10.2 Å². The van der Waals surface area contributed by atoms with Gasteiger partial charge in [0.2, 0.25) is 0 Å². The Bertz CT molecular complexity index is 1110. The minimum Gasteiger partial charge on any atom is -0.494 e. The van der Waals surface area contributed by atoms with Crippen LogP contribution in [0.5, 0.6) is 5.75 Å². The van der Waals surface area contributed by atoms with Crippen LogP contribution >= 0.6 is 0 Å². The zero-order chi connectivity index (χ0) is 21.3. The number of methoxy groups -OCH3 is 1. The van der Waals surface area contributed by atoms with Crippen molar-refractivity contribution in [2.45, 2.75) is 38.6 Å². The lowest BCUT2D eigenvalue weighted by Gasteiger charge is -2.28. The standard InChI is InChI=1S/C22H25FN4O3/c1-26-18-10-17(23)21(30-2)11-19(18)27(22(26)29)13-14-3-5-16(6-4-14)20(28)9-15-7-8-24-25-12-15/h7-8,10-12,14,16H,3-6,9,13H2,1-2H3. The number of benzene rings is 1. The first-order valence-electron chi connectivity index (χ1n) is 10.2. The number of hydrogen-bond donors (Lipinski definition) is 0. The number of fused-ring (bicyclic) bond motifs is 1. The predicted molar refractivity (Wildman–Crippen MR) is 110 cm³/mol. The zero-order valence-corrected chi connectivity index (χ0v) is 17.2. The fraction of sp³-hybridized carbons (Fsp3) is 0.455. The van der Waals surface area contributed by atoms with E-state index in [0.717, 1.165) is 31.2 Å². The first kappa shape index (κ1) is 20.3. The molecule has 2 heterocycles. The fourth-order valence-corrected chi connectivity index (χ4v) is 4.43. The summed E-state index contributed by atoms with van der Waals surface area (Å²) in [6, 6.07) is 4.75. The van der Waals surface area contributed by atoms with Crippen molar-refractivity contribution in [3.05, 3.63) is 52.5 Å². The van der Waals surface area contributed by atoms with Gasteiger partial charge < -0.3 is 4.74 Å². The van der Waals surface area contributed by atoms with Gasteiger partial charge in [0.05, 0.1) is 24.3 Å². The molecule has 0 N–H and O–H groups in total. The largest absolute Gasteiger partial charge is 0.494 e. The Morgan fingerprint density at radius 3 is 2.63 bits per heavy atom. The van der Waals surface area contributed by atoms with Crippen molar-refractivity contribution in [2.24, 2.45) is 18.9 Å². The zero-order valence-electron chi connectivity index (χ0n) is 17.2. The van der Waals surface area contributed by atoms with Crippen molar-refractivity contribution in [3.8, 4) is 5.75 Å². The van der Waals surface area contributed by atoms with E-state index in [1.54, 1.807) is 30.1 Å². The molecule has 0 saturated heterocycles. The molecule has 0 aliphatic heterocycles. The maximum Gasteiger partial charge on any atom is 0.328 e. The molecule has 1 aliphatic carbocycles. The van der Waals surface area contributed by atoms with Crippen LogP contribution in [0, 0.1) is 17.7 Å². The van der Waals surface area contributed by atoms with Crippen LogP contribution < -0.4 is 10.4 Å². The van der Waals surface area contributed by atoms with Crippen molar-refractivity contribution < 1.29 is 13.9 Å². The monoisotopic (exact) mass is 412 g/mol. The van der Waals surface area contributed by atoms with Gasteiger partial charge in [0.1, 0.15) is 5.78 Å². The molecule has 4 rings (SSSR count). The Labute approximate surface area is 173 Å². The van der Waals surface area contributed by atoms with Gasteiger partial charge in [-0.3, -0.25) is 13.9 Å². The van der Waals surface area contributed by atoms with E-state index in [4.69, 9.17) is 4.74 Å². The van der Waals surface area contributed by atoms with E-state index >= 15 is 0 Å². The summed E-state index contributed by atoms with van der Waals surface area (Å²) in [7, 11) is 3.06. The third-order valence-corrected chi connectivity index (χ3v) is 6.19. The Kier molecular flexibility index (Phi) is 5.65. The second-order valence-corrected chi connectivity index (χ2v) is 8.04. The molecule has 0 radical (unpaired) electrons. The molecule has 0 unspecified atom stereocenters. The minimum atomic E-state index is -0.485. The lowest BCUT2D eigenvalue weighted by molar-refractivity contribution is -0.123. The number of hydrogen-bond acceptors (Lipinski definition) is 5. The highest BCUT2D eigenvalue weighted by atomic mass is 19.1. The number of aromatic nitrogens is 4. The first-order chi connectivity index (χ1) is 14.5. The van der Waals surface area contributed by atoms with Gasteiger partial charge in [-0.15, -0.1) is 0 Å². The number of carbonyl (C=O) groups is 1. The number of nitrogens with zero attached hydrogens (tertiary/aromatic N) is 4. The van der Waals surface area contributed by atoms with Gasteiger partial charge in [-0.05, 0) is 43.2 Å². The Hall–Kier alpha value is -3.03. The molecule has 1 aliphatic rings. The van der Waals surface area contributed by atoms with E-state index in [1.165, 1.54) is 17.7 Å². The molecule has 7 nitrogen and oxygen atoms in total. The Morgan fingerprint density at radius 1 is 1.20 bits per heavy atom. The number of aryl methyl sites for hydroxylation is 1. The number of ether oxygens (including phenoxy) is 1. The molecule has 0 spiro atoms. The van der Waals surface area contributed by atoms with Crippen molar-refractivity contribution in [1.29, 1.82) is 0 Å². The lowest BCUT2D eigenvalue weighted by atomic mass is 9.79. The average Bonchev–Trinajstić information content (AvgIpc) is 2.98. The summed E-state index contributed by atoms with van der Waals surface area (Å²) in [5.41, 5.74) is 1.94. The van der Waals surface area contributed by atoms with E-state index < -0.39 is 5.82 Å². The lowest BCUT2D eigenvalue weighted by Crippen LogP contribution is -2.29. The molecular formula is C22H25FN4O3. The number of carbonyl (C=O) groups excluding carboxylic acids is 1. The highest BCUT2D eigenvalue weighted by molar-refractivity contribution is 5.83. The molecule has 1 aromatic carbocycles. The maximum absolute atomic E-state index is 14.1. The SMILES string of the molecule is COc1cc2c(cc1F)n(C)c(=O)n2CC1CCC(C(=O)Cc2ccnnc2)CC1. The van der Waals surface area contributed by atoms with Gasteiger partial charge in [-0.2, -0.15) is 10.2 Å². The third-order valence-electron chi connectivity index (χ3n) is 6.19. The summed E-state index contributed by atoms with van der Waals surface area (Å²) in [5, 5.41) is 7.57. The number of halogens is 1.